The van der Waals surface area contributed by atoms with Gasteiger partial charge in [-0.15, -0.1) is 11.3 Å². The van der Waals surface area contributed by atoms with E-state index in [1.165, 1.54) is 4.88 Å². The van der Waals surface area contributed by atoms with Crippen molar-refractivity contribution in [2.45, 2.75) is 25.6 Å². The lowest BCUT2D eigenvalue weighted by atomic mass is 10.1. The molecule has 0 radical (unpaired) electrons. The number of hydrogen-bond acceptors (Lipinski definition) is 3. The van der Waals surface area contributed by atoms with Crippen LogP contribution in [0.25, 0.3) is 0 Å². The Kier molecular flexibility index (Phi) is 2.41. The van der Waals surface area contributed by atoms with Gasteiger partial charge in [-0.3, -0.25) is 0 Å². The van der Waals surface area contributed by atoms with Crippen molar-refractivity contribution in [3.05, 3.63) is 21.9 Å². The molecule has 0 aliphatic heterocycles. The fraction of sp³-hybridized carbons (Fsp3) is 0.600. The highest BCUT2D eigenvalue weighted by Gasteiger charge is 2.43. The standard InChI is InChI=1S/C10H14O2S/c1-6-3-7(5-13-6)10(11)8-4-9(8)12-2/h3,5,8-11H,4H2,1-2H3. The van der Waals surface area contributed by atoms with E-state index in [0.717, 1.165) is 12.0 Å². The van der Waals surface area contributed by atoms with Crippen LogP contribution in [-0.4, -0.2) is 18.3 Å². The largest absolute Gasteiger partial charge is 0.388 e. The molecule has 2 rings (SSSR count). The van der Waals surface area contributed by atoms with Crippen LogP contribution in [0, 0.1) is 12.8 Å². The van der Waals surface area contributed by atoms with Crippen molar-refractivity contribution >= 4 is 11.3 Å². The summed E-state index contributed by atoms with van der Waals surface area (Å²) >= 11 is 1.69. The lowest BCUT2D eigenvalue weighted by molar-refractivity contribution is 0.102. The number of ether oxygens (including phenoxy) is 1. The number of aliphatic hydroxyl groups excluding tert-OH is 1. The average Bonchev–Trinajstić information content (AvgIpc) is 2.80. The Hall–Kier alpha value is -0.380. The zero-order valence-corrected chi connectivity index (χ0v) is 8.67. The summed E-state index contributed by atoms with van der Waals surface area (Å²) in [6.07, 6.45) is 0.942. The predicted octanol–water partition coefficient (Wildman–Crippen LogP) is 2.12. The molecule has 0 bridgehead atoms. The first-order chi connectivity index (χ1) is 6.22. The lowest BCUT2D eigenvalue weighted by Gasteiger charge is -2.06. The first-order valence-electron chi connectivity index (χ1n) is 4.48. The number of rotatable bonds is 3. The average molecular weight is 198 g/mol. The molecule has 3 heteroatoms. The summed E-state index contributed by atoms with van der Waals surface area (Å²) < 4.78 is 5.17. The first-order valence-corrected chi connectivity index (χ1v) is 5.36. The monoisotopic (exact) mass is 198 g/mol. The Labute approximate surface area is 82.2 Å². The third-order valence-corrected chi connectivity index (χ3v) is 3.46. The van der Waals surface area contributed by atoms with E-state index in [2.05, 4.69) is 13.0 Å². The number of aryl methyl sites for hydroxylation is 1. The third-order valence-electron chi connectivity index (χ3n) is 2.58. The fourth-order valence-corrected chi connectivity index (χ4v) is 2.39. The van der Waals surface area contributed by atoms with E-state index >= 15 is 0 Å². The minimum atomic E-state index is -0.324. The molecule has 1 fully saturated rings. The second-order valence-electron chi connectivity index (χ2n) is 3.61. The number of aliphatic hydroxyl groups is 1. The summed E-state index contributed by atoms with van der Waals surface area (Å²) in [4.78, 5) is 1.25. The van der Waals surface area contributed by atoms with Crippen LogP contribution < -0.4 is 0 Å². The molecule has 3 atom stereocenters. The fourth-order valence-electron chi connectivity index (χ4n) is 1.66. The molecule has 3 unspecified atom stereocenters. The molecule has 13 heavy (non-hydrogen) atoms. The molecular weight excluding hydrogens is 184 g/mol. The van der Waals surface area contributed by atoms with Gasteiger partial charge in [-0.1, -0.05) is 0 Å². The zero-order chi connectivity index (χ0) is 9.42. The van der Waals surface area contributed by atoms with Crippen molar-refractivity contribution in [1.82, 2.24) is 0 Å². The van der Waals surface area contributed by atoms with Crippen LogP contribution in [0.1, 0.15) is 23.0 Å². The van der Waals surface area contributed by atoms with Gasteiger partial charge in [0.15, 0.2) is 0 Å². The van der Waals surface area contributed by atoms with E-state index in [4.69, 9.17) is 4.74 Å². The van der Waals surface area contributed by atoms with Crippen LogP contribution in [0.2, 0.25) is 0 Å². The van der Waals surface area contributed by atoms with E-state index in [1.807, 2.05) is 5.38 Å². The summed E-state index contributed by atoms with van der Waals surface area (Å²) in [7, 11) is 1.70. The highest BCUT2D eigenvalue weighted by Crippen LogP contribution is 2.43. The highest BCUT2D eigenvalue weighted by atomic mass is 32.1. The van der Waals surface area contributed by atoms with Crippen molar-refractivity contribution in [1.29, 1.82) is 0 Å². The maximum Gasteiger partial charge on any atom is 0.0852 e. The van der Waals surface area contributed by atoms with Gasteiger partial charge in [-0.2, -0.15) is 0 Å². The maximum atomic E-state index is 9.90. The van der Waals surface area contributed by atoms with Gasteiger partial charge in [0.05, 0.1) is 12.2 Å². The Balaban J connectivity index is 2.02. The van der Waals surface area contributed by atoms with Gasteiger partial charge >= 0.3 is 0 Å². The SMILES string of the molecule is COC1CC1C(O)c1csc(C)c1. The number of methoxy groups -OCH3 is 1. The van der Waals surface area contributed by atoms with Gasteiger partial charge in [0.25, 0.3) is 0 Å². The summed E-state index contributed by atoms with van der Waals surface area (Å²) in [5.74, 6) is 0.319. The molecule has 1 aliphatic rings. The van der Waals surface area contributed by atoms with E-state index < -0.39 is 0 Å². The minimum Gasteiger partial charge on any atom is -0.388 e. The zero-order valence-electron chi connectivity index (χ0n) is 7.86. The molecule has 1 aromatic heterocycles. The van der Waals surface area contributed by atoms with Crippen molar-refractivity contribution in [2.75, 3.05) is 7.11 Å². The normalized spacial score (nSPS) is 28.8. The minimum absolute atomic E-state index is 0.273. The van der Waals surface area contributed by atoms with Gasteiger partial charge in [0.2, 0.25) is 0 Å². The lowest BCUT2D eigenvalue weighted by Crippen LogP contribution is -2.03. The van der Waals surface area contributed by atoms with Gasteiger partial charge in [-0.05, 0) is 30.4 Å². The molecule has 1 aliphatic carbocycles. The molecule has 1 saturated carbocycles. The van der Waals surface area contributed by atoms with Crippen molar-refractivity contribution in [3.63, 3.8) is 0 Å². The van der Waals surface area contributed by atoms with Crippen molar-refractivity contribution in [2.24, 2.45) is 5.92 Å². The van der Waals surface area contributed by atoms with Crippen molar-refractivity contribution < 1.29 is 9.84 Å². The first kappa shape index (κ1) is 9.19. The Bertz CT molecular complexity index is 295. The van der Waals surface area contributed by atoms with E-state index in [0.29, 0.717) is 5.92 Å². The molecular formula is C10H14O2S. The van der Waals surface area contributed by atoms with Crippen LogP contribution in [0.4, 0.5) is 0 Å². The Morgan fingerprint density at radius 3 is 2.92 bits per heavy atom. The summed E-state index contributed by atoms with van der Waals surface area (Å²) in [6.45, 7) is 2.06. The quantitative estimate of drug-likeness (QED) is 0.806. The molecule has 0 amide bonds. The van der Waals surface area contributed by atoms with Crippen LogP contribution in [-0.2, 0) is 4.74 Å². The van der Waals surface area contributed by atoms with Crippen LogP contribution >= 0.6 is 11.3 Å². The molecule has 72 valence electrons. The third kappa shape index (κ3) is 1.77. The summed E-state index contributed by atoms with van der Waals surface area (Å²) in [5, 5.41) is 11.9. The topological polar surface area (TPSA) is 29.5 Å². The highest BCUT2D eigenvalue weighted by molar-refractivity contribution is 7.10. The van der Waals surface area contributed by atoms with E-state index in [1.54, 1.807) is 18.4 Å². The van der Waals surface area contributed by atoms with Gasteiger partial charge in [-0.25, -0.2) is 0 Å². The van der Waals surface area contributed by atoms with Crippen LogP contribution in [0.3, 0.4) is 0 Å². The Morgan fingerprint density at radius 1 is 1.69 bits per heavy atom. The second kappa shape index (κ2) is 3.40. The predicted molar refractivity (Wildman–Crippen MR) is 52.9 cm³/mol. The van der Waals surface area contributed by atoms with Gasteiger partial charge in [0.1, 0.15) is 0 Å². The second-order valence-corrected chi connectivity index (χ2v) is 4.72. The molecule has 1 N–H and O–H groups in total. The smallest absolute Gasteiger partial charge is 0.0852 e. The summed E-state index contributed by atoms with van der Waals surface area (Å²) in [5.41, 5.74) is 1.05. The van der Waals surface area contributed by atoms with Crippen LogP contribution in [0.5, 0.6) is 0 Å². The number of hydrogen-bond donors (Lipinski definition) is 1. The van der Waals surface area contributed by atoms with Gasteiger partial charge in [0, 0.05) is 17.9 Å². The maximum absolute atomic E-state index is 9.90. The molecule has 0 saturated heterocycles. The molecule has 0 aromatic carbocycles. The number of thiophene rings is 1. The van der Waals surface area contributed by atoms with Gasteiger partial charge < -0.3 is 9.84 Å². The van der Waals surface area contributed by atoms with E-state index in [-0.39, 0.29) is 12.2 Å². The van der Waals surface area contributed by atoms with E-state index in [9.17, 15) is 5.11 Å². The summed E-state index contributed by atoms with van der Waals surface area (Å²) in [6, 6.07) is 2.06. The molecule has 1 heterocycles. The molecule has 1 aromatic rings. The molecule has 2 nitrogen and oxygen atoms in total. The van der Waals surface area contributed by atoms with Crippen LogP contribution in [0.15, 0.2) is 11.4 Å². The van der Waals surface area contributed by atoms with Crippen molar-refractivity contribution in [3.8, 4) is 0 Å². The Morgan fingerprint density at radius 2 is 2.46 bits per heavy atom. The molecule has 0 spiro atoms.